The third kappa shape index (κ3) is 3.49. The predicted octanol–water partition coefficient (Wildman–Crippen LogP) is 5.97. The maximum atomic E-state index is 12.7. The standard InChI is InChI=1S/C31H46O6/c1-18-9-14-30(34-17-18)19(2)31(36-21(4)33)27(37-30)16-26-24-8-7-22-15-23(35-20(3)32)10-12-28(22,5)25(24)11-13-29(26,31)6/h7,18-19,23-27H,8-17H2,1-6H3. The molecule has 0 radical (unpaired) electrons. The highest BCUT2D eigenvalue weighted by atomic mass is 16.7. The van der Waals surface area contributed by atoms with Crippen molar-refractivity contribution in [3.63, 3.8) is 0 Å². The Morgan fingerprint density at radius 3 is 2.46 bits per heavy atom. The number of hydrogen-bond acceptors (Lipinski definition) is 6. The van der Waals surface area contributed by atoms with Gasteiger partial charge in [-0.1, -0.05) is 39.3 Å². The lowest BCUT2D eigenvalue weighted by Gasteiger charge is -2.60. The van der Waals surface area contributed by atoms with E-state index in [0.29, 0.717) is 30.3 Å². The van der Waals surface area contributed by atoms with Crippen LogP contribution in [-0.4, -0.2) is 42.1 Å². The van der Waals surface area contributed by atoms with E-state index in [4.69, 9.17) is 18.9 Å². The molecule has 3 saturated carbocycles. The Kier molecular flexibility index (Phi) is 5.97. The van der Waals surface area contributed by atoms with Crippen LogP contribution in [0.15, 0.2) is 11.6 Å². The average molecular weight is 515 g/mol. The van der Waals surface area contributed by atoms with Crippen molar-refractivity contribution in [3.05, 3.63) is 11.6 Å². The zero-order chi connectivity index (χ0) is 26.4. The van der Waals surface area contributed by atoms with Crippen molar-refractivity contribution in [2.45, 2.75) is 123 Å². The summed E-state index contributed by atoms with van der Waals surface area (Å²) in [5, 5.41) is 0. The van der Waals surface area contributed by atoms with E-state index < -0.39 is 11.4 Å². The zero-order valence-corrected chi connectivity index (χ0v) is 23.6. The third-order valence-electron chi connectivity index (χ3n) is 12.2. The average Bonchev–Trinajstić information content (AvgIpc) is 3.20. The summed E-state index contributed by atoms with van der Waals surface area (Å²) in [4.78, 5) is 24.3. The second-order valence-electron chi connectivity index (χ2n) is 13.9. The second-order valence-corrected chi connectivity index (χ2v) is 13.9. The summed E-state index contributed by atoms with van der Waals surface area (Å²) in [5.74, 6) is 1.11. The SMILES string of the molecule is CC(=O)OC1CCC2(C)C(=CCC3C2CCC2(C)C3CC3OC4(CCC(C)CO4)C(C)C32OC(C)=O)C1. The number of rotatable bonds is 2. The summed E-state index contributed by atoms with van der Waals surface area (Å²) in [7, 11) is 0. The Balaban J connectivity index is 1.32. The van der Waals surface area contributed by atoms with Gasteiger partial charge in [-0.2, -0.15) is 0 Å². The van der Waals surface area contributed by atoms with E-state index in [-0.39, 0.29) is 40.9 Å². The fourth-order valence-electron chi connectivity index (χ4n) is 10.4. The molecule has 206 valence electrons. The van der Waals surface area contributed by atoms with Crippen molar-refractivity contribution in [3.8, 4) is 0 Å². The molecule has 0 aromatic heterocycles. The summed E-state index contributed by atoms with van der Waals surface area (Å²) in [6.07, 6.45) is 11.4. The maximum absolute atomic E-state index is 12.7. The van der Waals surface area contributed by atoms with Crippen LogP contribution in [-0.2, 0) is 28.5 Å². The van der Waals surface area contributed by atoms with Crippen molar-refractivity contribution >= 4 is 11.9 Å². The molecule has 37 heavy (non-hydrogen) atoms. The van der Waals surface area contributed by atoms with Gasteiger partial charge in [0.25, 0.3) is 0 Å². The molecular formula is C31H46O6. The van der Waals surface area contributed by atoms with Crippen molar-refractivity contribution < 1.29 is 28.5 Å². The molecule has 0 aromatic carbocycles. The lowest BCUT2D eigenvalue weighted by molar-refractivity contribution is -0.274. The lowest BCUT2D eigenvalue weighted by atomic mass is 9.46. The second kappa shape index (κ2) is 8.55. The Morgan fingerprint density at radius 2 is 1.78 bits per heavy atom. The molecule has 2 heterocycles. The van der Waals surface area contributed by atoms with Gasteiger partial charge in [0.05, 0.1) is 12.5 Å². The number of esters is 2. The van der Waals surface area contributed by atoms with Gasteiger partial charge < -0.3 is 18.9 Å². The first-order valence-electron chi connectivity index (χ1n) is 14.8. The molecule has 0 N–H and O–H groups in total. The van der Waals surface area contributed by atoms with Crippen molar-refractivity contribution in [1.29, 1.82) is 0 Å². The smallest absolute Gasteiger partial charge is 0.303 e. The third-order valence-corrected chi connectivity index (χ3v) is 12.2. The first-order chi connectivity index (χ1) is 17.4. The Labute approximate surface area is 222 Å². The van der Waals surface area contributed by atoms with Gasteiger partial charge in [0.2, 0.25) is 0 Å². The molecule has 11 atom stereocenters. The molecule has 1 spiro atoms. The molecule has 6 aliphatic rings. The van der Waals surface area contributed by atoms with E-state index in [9.17, 15) is 9.59 Å². The topological polar surface area (TPSA) is 71.1 Å². The summed E-state index contributed by atoms with van der Waals surface area (Å²) >= 11 is 0. The minimum atomic E-state index is -0.646. The van der Waals surface area contributed by atoms with Gasteiger partial charge in [-0.05, 0) is 74.0 Å². The molecule has 0 amide bonds. The Hall–Kier alpha value is -1.40. The van der Waals surface area contributed by atoms with E-state index in [0.717, 1.165) is 57.8 Å². The van der Waals surface area contributed by atoms with E-state index in [1.807, 2.05) is 0 Å². The molecule has 5 fully saturated rings. The van der Waals surface area contributed by atoms with Crippen LogP contribution in [0.2, 0.25) is 0 Å². The van der Waals surface area contributed by atoms with Crippen LogP contribution in [0.4, 0.5) is 0 Å². The normalized spacial score (nSPS) is 52.4. The Bertz CT molecular complexity index is 996. The number of ether oxygens (including phenoxy) is 4. The highest BCUT2D eigenvalue weighted by Gasteiger charge is 2.78. The molecule has 0 bridgehead atoms. The fourth-order valence-corrected chi connectivity index (χ4v) is 10.4. The largest absolute Gasteiger partial charge is 0.462 e. The number of hydrogen-bond donors (Lipinski definition) is 0. The lowest BCUT2D eigenvalue weighted by Crippen LogP contribution is -2.61. The molecule has 6 nitrogen and oxygen atoms in total. The minimum Gasteiger partial charge on any atom is -0.462 e. The predicted molar refractivity (Wildman–Crippen MR) is 138 cm³/mol. The van der Waals surface area contributed by atoms with Gasteiger partial charge in [0, 0.05) is 32.1 Å². The van der Waals surface area contributed by atoms with E-state index >= 15 is 0 Å². The van der Waals surface area contributed by atoms with Crippen LogP contribution in [0.3, 0.4) is 0 Å². The molecule has 6 heteroatoms. The van der Waals surface area contributed by atoms with Crippen LogP contribution in [0.25, 0.3) is 0 Å². The van der Waals surface area contributed by atoms with Gasteiger partial charge in [-0.15, -0.1) is 0 Å². The molecule has 4 aliphatic carbocycles. The quantitative estimate of drug-likeness (QED) is 0.334. The van der Waals surface area contributed by atoms with Crippen LogP contribution in [0.1, 0.15) is 99.3 Å². The number of carbonyl (C=O) groups is 2. The van der Waals surface area contributed by atoms with Crippen LogP contribution >= 0.6 is 0 Å². The van der Waals surface area contributed by atoms with Crippen molar-refractivity contribution in [2.24, 2.45) is 40.4 Å². The zero-order valence-electron chi connectivity index (χ0n) is 23.6. The first kappa shape index (κ1) is 25.9. The molecule has 0 aromatic rings. The summed E-state index contributed by atoms with van der Waals surface area (Å²) < 4.78 is 25.6. The van der Waals surface area contributed by atoms with Crippen molar-refractivity contribution in [1.82, 2.24) is 0 Å². The maximum Gasteiger partial charge on any atom is 0.303 e. The summed E-state index contributed by atoms with van der Waals surface area (Å²) in [5.41, 5.74) is 0.864. The monoisotopic (exact) mass is 514 g/mol. The first-order valence-corrected chi connectivity index (χ1v) is 14.8. The number of carbonyl (C=O) groups excluding carboxylic acids is 2. The van der Waals surface area contributed by atoms with E-state index in [1.54, 1.807) is 6.92 Å². The number of allylic oxidation sites excluding steroid dienone is 1. The van der Waals surface area contributed by atoms with Gasteiger partial charge in [0.15, 0.2) is 11.4 Å². The van der Waals surface area contributed by atoms with Crippen LogP contribution in [0.5, 0.6) is 0 Å². The van der Waals surface area contributed by atoms with Gasteiger partial charge in [0.1, 0.15) is 12.2 Å². The molecule has 11 unspecified atom stereocenters. The number of fused-ring (bicyclic) bond motifs is 7. The fraction of sp³-hybridized carbons (Fsp3) is 0.871. The minimum absolute atomic E-state index is 0.00241. The van der Waals surface area contributed by atoms with E-state index in [2.05, 4.69) is 33.8 Å². The van der Waals surface area contributed by atoms with Gasteiger partial charge in [-0.3, -0.25) is 9.59 Å². The molecule has 2 aliphatic heterocycles. The van der Waals surface area contributed by atoms with E-state index in [1.165, 1.54) is 12.5 Å². The summed E-state index contributed by atoms with van der Waals surface area (Å²) in [6, 6.07) is 0. The Morgan fingerprint density at radius 1 is 1.00 bits per heavy atom. The molecule has 2 saturated heterocycles. The van der Waals surface area contributed by atoms with Gasteiger partial charge >= 0.3 is 11.9 Å². The van der Waals surface area contributed by atoms with Crippen LogP contribution < -0.4 is 0 Å². The van der Waals surface area contributed by atoms with Crippen LogP contribution in [0, 0.1) is 40.4 Å². The summed E-state index contributed by atoms with van der Waals surface area (Å²) in [6.45, 7) is 13.1. The van der Waals surface area contributed by atoms with Gasteiger partial charge in [-0.25, -0.2) is 0 Å². The highest BCUT2D eigenvalue weighted by molar-refractivity contribution is 5.67. The molecule has 6 rings (SSSR count). The highest BCUT2D eigenvalue weighted by Crippen LogP contribution is 2.73. The molecular weight excluding hydrogens is 468 g/mol. The van der Waals surface area contributed by atoms with Crippen molar-refractivity contribution in [2.75, 3.05) is 6.61 Å².